The van der Waals surface area contributed by atoms with Crippen LogP contribution in [-0.2, 0) is 16.0 Å². The van der Waals surface area contributed by atoms with Crippen molar-refractivity contribution in [3.63, 3.8) is 0 Å². The van der Waals surface area contributed by atoms with Crippen LogP contribution in [0.5, 0.6) is 0 Å². The average Bonchev–Trinajstić information content (AvgIpc) is 3.13. The van der Waals surface area contributed by atoms with Gasteiger partial charge in [-0.25, -0.2) is 4.98 Å². The fraction of sp³-hybridized carbons (Fsp3) is 0.458. The quantitative estimate of drug-likeness (QED) is 0.403. The number of nitrogens with zero attached hydrogens (tertiary/aromatic N) is 2. The molecule has 3 aromatic rings. The van der Waals surface area contributed by atoms with Crippen molar-refractivity contribution < 1.29 is 9.53 Å². The Morgan fingerprint density at radius 1 is 1.28 bits per heavy atom. The highest BCUT2D eigenvalue weighted by Gasteiger charge is 2.29. The molecule has 170 valence electrons. The van der Waals surface area contributed by atoms with Crippen LogP contribution in [0, 0.1) is 12.8 Å². The maximum absolute atomic E-state index is 13.4. The number of thioether (sulfide) groups is 1. The second kappa shape index (κ2) is 10.2. The Kier molecular flexibility index (Phi) is 7.33. The van der Waals surface area contributed by atoms with E-state index in [9.17, 15) is 9.59 Å². The highest BCUT2D eigenvalue weighted by Crippen LogP contribution is 2.37. The number of morpholine rings is 1. The van der Waals surface area contributed by atoms with E-state index in [-0.39, 0.29) is 11.5 Å². The number of carbonyl (C=O) groups excluding carboxylic acids is 1. The monoisotopic (exact) mass is 471 g/mol. The first-order valence-electron chi connectivity index (χ1n) is 11.1. The van der Waals surface area contributed by atoms with Crippen molar-refractivity contribution in [2.45, 2.75) is 44.0 Å². The molecule has 0 spiro atoms. The molecule has 0 saturated carbocycles. The summed E-state index contributed by atoms with van der Waals surface area (Å²) >= 11 is 2.88. The van der Waals surface area contributed by atoms with Crippen molar-refractivity contribution in [1.82, 2.24) is 14.9 Å². The molecule has 2 atom stereocenters. The summed E-state index contributed by atoms with van der Waals surface area (Å²) in [5.41, 5.74) is 1.89. The van der Waals surface area contributed by atoms with Gasteiger partial charge >= 0.3 is 0 Å². The number of aromatic amines is 1. The van der Waals surface area contributed by atoms with Crippen LogP contribution in [0.1, 0.15) is 41.5 Å². The topological polar surface area (TPSA) is 75.3 Å². The van der Waals surface area contributed by atoms with Gasteiger partial charge in [-0.2, -0.15) is 0 Å². The predicted molar refractivity (Wildman–Crippen MR) is 131 cm³/mol. The van der Waals surface area contributed by atoms with E-state index in [1.807, 2.05) is 35.2 Å². The summed E-state index contributed by atoms with van der Waals surface area (Å²) in [6.07, 6.45) is 1.94. The molecule has 1 saturated heterocycles. The third-order valence-electron chi connectivity index (χ3n) is 5.97. The molecule has 1 fully saturated rings. The van der Waals surface area contributed by atoms with E-state index in [2.05, 4.69) is 25.8 Å². The lowest BCUT2D eigenvalue weighted by molar-refractivity contribution is -0.134. The number of hydrogen-bond acceptors (Lipinski definition) is 6. The molecule has 8 heteroatoms. The molecule has 1 amide bonds. The van der Waals surface area contributed by atoms with E-state index in [0.29, 0.717) is 42.8 Å². The van der Waals surface area contributed by atoms with Crippen molar-refractivity contribution in [2.24, 2.45) is 5.92 Å². The maximum atomic E-state index is 13.4. The highest BCUT2D eigenvalue weighted by atomic mass is 32.2. The molecule has 0 aliphatic carbocycles. The zero-order valence-electron chi connectivity index (χ0n) is 18.7. The minimum atomic E-state index is -0.476. The molecule has 1 aliphatic heterocycles. The van der Waals surface area contributed by atoms with E-state index in [0.717, 1.165) is 33.7 Å². The van der Waals surface area contributed by atoms with Gasteiger partial charge < -0.3 is 14.6 Å². The number of carbonyl (C=O) groups is 1. The normalized spacial score (nSPS) is 16.3. The van der Waals surface area contributed by atoms with E-state index >= 15 is 0 Å². The lowest BCUT2D eigenvalue weighted by Crippen LogP contribution is -2.42. The number of aryl methyl sites for hydroxylation is 1. The molecule has 1 aliphatic rings. The van der Waals surface area contributed by atoms with Crippen LogP contribution >= 0.6 is 23.1 Å². The Balaban J connectivity index is 1.68. The number of benzene rings is 1. The van der Waals surface area contributed by atoms with Crippen LogP contribution < -0.4 is 5.56 Å². The molecular formula is C24H29N3O3S2. The van der Waals surface area contributed by atoms with E-state index in [1.54, 1.807) is 11.3 Å². The molecule has 1 N–H and O–H groups in total. The molecule has 1 aromatic carbocycles. The number of rotatable bonds is 7. The smallest absolute Gasteiger partial charge is 0.260 e. The van der Waals surface area contributed by atoms with Gasteiger partial charge in [-0.3, -0.25) is 9.59 Å². The summed E-state index contributed by atoms with van der Waals surface area (Å²) < 4.78 is 5.41. The molecule has 2 aromatic heterocycles. The van der Waals surface area contributed by atoms with E-state index in [1.165, 1.54) is 11.8 Å². The van der Waals surface area contributed by atoms with Crippen LogP contribution in [0.15, 0.2) is 40.3 Å². The Bertz CT molecular complexity index is 1140. The maximum Gasteiger partial charge on any atom is 0.260 e. The number of amides is 1. The molecule has 0 radical (unpaired) electrons. The van der Waals surface area contributed by atoms with Crippen molar-refractivity contribution in [2.75, 3.05) is 26.3 Å². The van der Waals surface area contributed by atoms with Crippen LogP contribution in [0.2, 0.25) is 0 Å². The summed E-state index contributed by atoms with van der Waals surface area (Å²) in [4.78, 5) is 37.9. The van der Waals surface area contributed by atoms with Gasteiger partial charge in [0, 0.05) is 18.0 Å². The van der Waals surface area contributed by atoms with Gasteiger partial charge in [0.15, 0.2) is 5.16 Å². The molecule has 0 bridgehead atoms. The van der Waals surface area contributed by atoms with Crippen molar-refractivity contribution in [3.8, 4) is 0 Å². The Morgan fingerprint density at radius 2 is 2.00 bits per heavy atom. The van der Waals surface area contributed by atoms with Gasteiger partial charge in [0.05, 0.1) is 18.6 Å². The number of H-pyrrole nitrogens is 1. The van der Waals surface area contributed by atoms with Gasteiger partial charge in [0.1, 0.15) is 10.1 Å². The zero-order valence-corrected chi connectivity index (χ0v) is 20.4. The fourth-order valence-electron chi connectivity index (χ4n) is 3.90. The SMILES string of the molecule is CC[C@H](C)Cc1c(C)sc2nc(S[C@H](C(=O)N3CCOCC3)c3ccccc3)[nH]c(=O)c12. The molecule has 0 unspecified atom stereocenters. The lowest BCUT2D eigenvalue weighted by Gasteiger charge is -2.30. The summed E-state index contributed by atoms with van der Waals surface area (Å²) in [6, 6.07) is 9.69. The largest absolute Gasteiger partial charge is 0.378 e. The minimum Gasteiger partial charge on any atom is -0.378 e. The summed E-state index contributed by atoms with van der Waals surface area (Å²) in [5.74, 6) is 0.528. The Hall–Kier alpha value is -2.16. The second-order valence-corrected chi connectivity index (χ2v) is 10.5. The zero-order chi connectivity index (χ0) is 22.7. The number of fused-ring (bicyclic) bond motifs is 1. The van der Waals surface area contributed by atoms with Crippen LogP contribution in [0.3, 0.4) is 0 Å². The number of nitrogens with one attached hydrogen (secondary N) is 1. The predicted octanol–water partition coefficient (Wildman–Crippen LogP) is 4.57. The fourth-order valence-corrected chi connectivity index (χ4v) is 6.07. The van der Waals surface area contributed by atoms with Gasteiger partial charge in [-0.1, -0.05) is 62.4 Å². The van der Waals surface area contributed by atoms with Gasteiger partial charge in [0.2, 0.25) is 5.91 Å². The summed E-state index contributed by atoms with van der Waals surface area (Å²) in [6.45, 7) is 8.69. The standard InChI is InChI=1S/C24H29N3O3S2/c1-4-15(2)14-18-16(3)31-22-19(18)21(28)25-24(26-22)32-20(17-8-6-5-7-9-17)23(29)27-10-12-30-13-11-27/h5-9,15,20H,4,10-14H2,1-3H3,(H,25,26,28)/t15-,20-/m0/s1. The summed E-state index contributed by atoms with van der Waals surface area (Å²) in [5, 5.41) is 0.706. The summed E-state index contributed by atoms with van der Waals surface area (Å²) in [7, 11) is 0. The van der Waals surface area contributed by atoms with Gasteiger partial charge in [-0.15, -0.1) is 11.3 Å². The van der Waals surface area contributed by atoms with E-state index < -0.39 is 5.25 Å². The number of aromatic nitrogens is 2. The van der Waals surface area contributed by atoms with Crippen molar-refractivity contribution in [1.29, 1.82) is 0 Å². The van der Waals surface area contributed by atoms with Crippen LogP contribution in [0.4, 0.5) is 0 Å². The Morgan fingerprint density at radius 3 is 2.69 bits per heavy atom. The van der Waals surface area contributed by atoms with Crippen molar-refractivity contribution in [3.05, 3.63) is 56.7 Å². The highest BCUT2D eigenvalue weighted by molar-refractivity contribution is 8.00. The first-order valence-corrected chi connectivity index (χ1v) is 12.8. The van der Waals surface area contributed by atoms with Crippen molar-refractivity contribution >= 4 is 39.2 Å². The Labute approximate surface area is 196 Å². The third kappa shape index (κ3) is 4.92. The molecule has 3 heterocycles. The number of thiophene rings is 1. The molecule has 32 heavy (non-hydrogen) atoms. The van der Waals surface area contributed by atoms with Gasteiger partial charge in [0.25, 0.3) is 5.56 Å². The lowest BCUT2D eigenvalue weighted by atomic mass is 9.98. The first kappa shape index (κ1) is 23.0. The second-order valence-electron chi connectivity index (χ2n) is 8.25. The first-order chi connectivity index (χ1) is 15.5. The number of hydrogen-bond donors (Lipinski definition) is 1. The molecule has 6 nitrogen and oxygen atoms in total. The molecule has 4 rings (SSSR count). The third-order valence-corrected chi connectivity index (χ3v) is 8.14. The molecular weight excluding hydrogens is 442 g/mol. The van der Waals surface area contributed by atoms with Gasteiger partial charge in [-0.05, 0) is 30.4 Å². The van der Waals surface area contributed by atoms with E-state index in [4.69, 9.17) is 9.72 Å². The number of ether oxygens (including phenoxy) is 1. The average molecular weight is 472 g/mol. The van der Waals surface area contributed by atoms with Crippen LogP contribution in [-0.4, -0.2) is 47.1 Å². The minimum absolute atomic E-state index is 0.0204. The van der Waals surface area contributed by atoms with Crippen LogP contribution in [0.25, 0.3) is 10.2 Å².